The summed E-state index contributed by atoms with van der Waals surface area (Å²) in [6.45, 7) is 4.94. The van der Waals surface area contributed by atoms with E-state index in [0.29, 0.717) is 49.9 Å². The van der Waals surface area contributed by atoms with Crippen molar-refractivity contribution in [2.45, 2.75) is 116 Å². The first kappa shape index (κ1) is 27.3. The van der Waals surface area contributed by atoms with Gasteiger partial charge in [0.15, 0.2) is 5.96 Å². The lowest BCUT2D eigenvalue weighted by Crippen LogP contribution is -2.48. The molecule has 2 amide bonds. The quantitative estimate of drug-likeness (QED) is 0.446. The van der Waals surface area contributed by atoms with Crippen LogP contribution in [0.25, 0.3) is 0 Å². The molecular formula is C29H45N5O3. The Morgan fingerprint density at radius 3 is 2.35 bits per heavy atom. The topological polar surface area (TPSA) is 100 Å². The number of nitrogens with one attached hydrogen (secondary N) is 1. The summed E-state index contributed by atoms with van der Waals surface area (Å²) in [5.74, 6) is 1.29. The molecule has 2 saturated carbocycles. The Morgan fingerprint density at radius 2 is 1.73 bits per heavy atom. The van der Waals surface area contributed by atoms with Gasteiger partial charge < -0.3 is 25.6 Å². The van der Waals surface area contributed by atoms with Gasteiger partial charge in [-0.05, 0) is 58.1 Å². The van der Waals surface area contributed by atoms with Crippen LogP contribution in [0.1, 0.15) is 96.5 Å². The molecule has 0 radical (unpaired) electrons. The molecule has 0 unspecified atom stereocenters. The molecule has 2 fully saturated rings. The number of hydrogen-bond donors (Lipinski definition) is 2. The van der Waals surface area contributed by atoms with Gasteiger partial charge >= 0.3 is 0 Å². The molecule has 37 heavy (non-hydrogen) atoms. The van der Waals surface area contributed by atoms with Crippen molar-refractivity contribution in [1.29, 1.82) is 0 Å². The van der Waals surface area contributed by atoms with Crippen LogP contribution in [0.3, 0.4) is 0 Å². The largest absolute Gasteiger partial charge is 0.493 e. The van der Waals surface area contributed by atoms with Gasteiger partial charge in [-0.2, -0.15) is 0 Å². The monoisotopic (exact) mass is 511 g/mol. The number of aliphatic imine (C=N–C) groups is 1. The minimum atomic E-state index is -0.0889. The summed E-state index contributed by atoms with van der Waals surface area (Å²) in [4.78, 5) is 34.3. The van der Waals surface area contributed by atoms with Crippen LogP contribution >= 0.6 is 0 Å². The fourth-order valence-corrected chi connectivity index (χ4v) is 6.06. The van der Waals surface area contributed by atoms with Gasteiger partial charge in [0.2, 0.25) is 11.8 Å². The number of benzene rings is 1. The second-order valence-corrected chi connectivity index (χ2v) is 11.1. The standard InChI is InChI=1S/C29H45N5O3/c1-21(2)31-27(35)20-33-19-24-25(32-29(33)30)15-9-16-26(24)37-18-10-17-28(36)34(22-11-5-3-6-12-22)23-13-7-4-8-14-23/h9,15-16,21-23H,3-8,10-14,17-20H2,1-2H3,(H2,30,32)(H,31,35). The Morgan fingerprint density at radius 1 is 1.08 bits per heavy atom. The highest BCUT2D eigenvalue weighted by molar-refractivity contribution is 5.89. The van der Waals surface area contributed by atoms with Crippen molar-refractivity contribution in [1.82, 2.24) is 15.1 Å². The molecular weight excluding hydrogens is 466 g/mol. The first-order chi connectivity index (χ1) is 17.9. The van der Waals surface area contributed by atoms with Crippen LogP contribution in [-0.2, 0) is 16.1 Å². The van der Waals surface area contributed by atoms with Crippen molar-refractivity contribution in [3.8, 4) is 5.75 Å². The Labute approximate surface area is 222 Å². The molecule has 8 heteroatoms. The van der Waals surface area contributed by atoms with E-state index in [1.54, 1.807) is 4.90 Å². The second kappa shape index (κ2) is 13.2. The van der Waals surface area contributed by atoms with Crippen LogP contribution in [0, 0.1) is 0 Å². The lowest BCUT2D eigenvalue weighted by Gasteiger charge is -2.42. The average Bonchev–Trinajstić information content (AvgIpc) is 2.88. The van der Waals surface area contributed by atoms with E-state index in [2.05, 4.69) is 15.2 Å². The first-order valence-electron chi connectivity index (χ1n) is 14.4. The summed E-state index contributed by atoms with van der Waals surface area (Å²) in [6.07, 6.45) is 13.4. The number of ether oxygens (including phenoxy) is 1. The van der Waals surface area contributed by atoms with Crippen molar-refractivity contribution in [3.63, 3.8) is 0 Å². The zero-order valence-corrected chi connectivity index (χ0v) is 22.7. The van der Waals surface area contributed by atoms with E-state index in [-0.39, 0.29) is 18.5 Å². The van der Waals surface area contributed by atoms with E-state index < -0.39 is 0 Å². The van der Waals surface area contributed by atoms with Crippen molar-refractivity contribution in [2.75, 3.05) is 13.2 Å². The highest BCUT2D eigenvalue weighted by Gasteiger charge is 2.32. The number of nitrogens with two attached hydrogens (primary N) is 1. The maximum absolute atomic E-state index is 13.4. The maximum atomic E-state index is 13.4. The lowest BCUT2D eigenvalue weighted by atomic mass is 9.88. The number of guanidine groups is 1. The van der Waals surface area contributed by atoms with Crippen LogP contribution in [0.15, 0.2) is 23.2 Å². The molecule has 8 nitrogen and oxygen atoms in total. The Bertz CT molecular complexity index is 933. The molecule has 0 spiro atoms. The minimum absolute atomic E-state index is 0.0662. The van der Waals surface area contributed by atoms with Crippen LogP contribution in [0.4, 0.5) is 5.69 Å². The average molecular weight is 512 g/mol. The summed E-state index contributed by atoms with van der Waals surface area (Å²) < 4.78 is 6.17. The SMILES string of the molecule is CC(C)NC(=O)CN1Cc2c(cccc2OCCCC(=O)N(C2CCCCC2)C2CCCCC2)N=C1N. The predicted molar refractivity (Wildman–Crippen MR) is 147 cm³/mol. The molecule has 3 aliphatic rings. The van der Waals surface area contributed by atoms with Crippen molar-refractivity contribution < 1.29 is 14.3 Å². The molecule has 1 aromatic carbocycles. The zero-order valence-electron chi connectivity index (χ0n) is 22.7. The van der Waals surface area contributed by atoms with Crippen molar-refractivity contribution >= 4 is 23.5 Å². The molecule has 1 aliphatic heterocycles. The van der Waals surface area contributed by atoms with Gasteiger partial charge in [-0.3, -0.25) is 9.59 Å². The summed E-state index contributed by atoms with van der Waals surface area (Å²) in [6, 6.07) is 6.67. The van der Waals surface area contributed by atoms with Crippen LogP contribution in [0.5, 0.6) is 5.75 Å². The van der Waals surface area contributed by atoms with Crippen molar-refractivity contribution in [3.05, 3.63) is 23.8 Å². The molecule has 1 aromatic rings. The minimum Gasteiger partial charge on any atom is -0.493 e. The van der Waals surface area contributed by atoms with E-state index in [1.807, 2.05) is 32.0 Å². The van der Waals surface area contributed by atoms with Crippen LogP contribution < -0.4 is 15.8 Å². The normalized spacial score (nSPS) is 18.8. The number of nitrogens with zero attached hydrogens (tertiary/aromatic N) is 3. The van der Waals surface area contributed by atoms with Gasteiger partial charge in [-0.1, -0.05) is 44.6 Å². The molecule has 0 aromatic heterocycles. The first-order valence-corrected chi connectivity index (χ1v) is 14.4. The van der Waals surface area contributed by atoms with E-state index in [4.69, 9.17) is 10.5 Å². The molecule has 0 saturated heterocycles. The summed E-state index contributed by atoms with van der Waals surface area (Å²) in [5.41, 5.74) is 7.84. The predicted octanol–water partition coefficient (Wildman–Crippen LogP) is 4.63. The highest BCUT2D eigenvalue weighted by atomic mass is 16.5. The third kappa shape index (κ3) is 7.39. The fraction of sp³-hybridized carbons (Fsp3) is 0.690. The van der Waals surface area contributed by atoms with Gasteiger partial charge in [-0.15, -0.1) is 0 Å². The molecule has 204 valence electrons. The van der Waals surface area contributed by atoms with Gasteiger partial charge in [-0.25, -0.2) is 4.99 Å². The number of carbonyl (C=O) groups excluding carboxylic acids is 2. The van der Waals surface area contributed by atoms with Gasteiger partial charge in [0.25, 0.3) is 0 Å². The molecule has 0 bridgehead atoms. The van der Waals surface area contributed by atoms with Crippen LogP contribution in [-0.4, -0.2) is 58.9 Å². The van der Waals surface area contributed by atoms with Crippen LogP contribution in [0.2, 0.25) is 0 Å². The number of amides is 2. The number of carbonyl (C=O) groups is 2. The molecule has 1 heterocycles. The van der Waals surface area contributed by atoms with E-state index in [9.17, 15) is 9.59 Å². The lowest BCUT2D eigenvalue weighted by molar-refractivity contribution is -0.138. The Hall–Kier alpha value is -2.77. The van der Waals surface area contributed by atoms with Crippen molar-refractivity contribution in [2.24, 2.45) is 10.7 Å². The number of fused-ring (bicyclic) bond motifs is 1. The molecule has 3 N–H and O–H groups in total. The number of hydrogen-bond acceptors (Lipinski definition) is 6. The third-order valence-corrected chi connectivity index (χ3v) is 7.82. The fourth-order valence-electron chi connectivity index (χ4n) is 6.06. The van der Waals surface area contributed by atoms with Gasteiger partial charge in [0.05, 0.1) is 18.8 Å². The van der Waals surface area contributed by atoms with Gasteiger partial charge in [0.1, 0.15) is 12.3 Å². The maximum Gasteiger partial charge on any atom is 0.239 e. The zero-order chi connectivity index (χ0) is 26.2. The highest BCUT2D eigenvalue weighted by Crippen LogP contribution is 2.34. The number of rotatable bonds is 10. The molecule has 0 atom stereocenters. The molecule has 4 rings (SSSR count). The smallest absolute Gasteiger partial charge is 0.239 e. The second-order valence-electron chi connectivity index (χ2n) is 11.1. The summed E-state index contributed by atoms with van der Waals surface area (Å²) in [5, 5.41) is 2.90. The van der Waals surface area contributed by atoms with E-state index in [0.717, 1.165) is 42.7 Å². The van der Waals surface area contributed by atoms with Gasteiger partial charge in [0, 0.05) is 30.1 Å². The summed E-state index contributed by atoms with van der Waals surface area (Å²) in [7, 11) is 0. The Kier molecular flexibility index (Phi) is 9.69. The Balaban J connectivity index is 1.33. The van der Waals surface area contributed by atoms with E-state index >= 15 is 0 Å². The van der Waals surface area contributed by atoms with E-state index in [1.165, 1.54) is 38.5 Å². The molecule has 2 aliphatic carbocycles. The summed E-state index contributed by atoms with van der Waals surface area (Å²) >= 11 is 0. The third-order valence-electron chi connectivity index (χ3n) is 7.82.